The van der Waals surface area contributed by atoms with Crippen LogP contribution in [0.15, 0.2) is 48.0 Å². The highest BCUT2D eigenvalue weighted by Crippen LogP contribution is 2.24. The molecular formula is C15H17N4O2S+. The Morgan fingerprint density at radius 2 is 2.32 bits per heavy atom. The number of thiazole rings is 1. The van der Waals surface area contributed by atoms with Crippen LogP contribution in [0.4, 0.5) is 10.8 Å². The third-order valence-corrected chi connectivity index (χ3v) is 3.61. The number of nitrogens with two attached hydrogens (primary N) is 2. The van der Waals surface area contributed by atoms with Crippen LogP contribution < -0.4 is 16.5 Å². The summed E-state index contributed by atoms with van der Waals surface area (Å²) in [5.74, 6) is -0.463. The standard InChI is InChI=1S/C15H16N4O2S/c1-10(4-3-7-17-21)13-9-22-15(19-13)18-12-6-2-5-11(8-12)14(16)20/h2-9,17,21H,1H3,(H2,16,20)(H,18,19)/p+1/b7-3-,10-4+. The second-order valence-corrected chi connectivity index (χ2v) is 5.35. The van der Waals surface area contributed by atoms with Crippen LogP contribution in [0.25, 0.3) is 5.57 Å². The number of hydrogen-bond donors (Lipinski definition) is 4. The molecule has 0 saturated carbocycles. The van der Waals surface area contributed by atoms with Crippen molar-refractivity contribution in [3.8, 4) is 0 Å². The fraction of sp³-hybridized carbons (Fsp3) is 0.0667. The lowest BCUT2D eigenvalue weighted by Gasteiger charge is -2.03. The molecule has 6 nitrogen and oxygen atoms in total. The number of quaternary nitrogens is 1. The number of rotatable bonds is 6. The summed E-state index contributed by atoms with van der Waals surface area (Å²) in [6.45, 7) is 1.94. The van der Waals surface area contributed by atoms with Crippen LogP contribution in [-0.2, 0) is 0 Å². The van der Waals surface area contributed by atoms with E-state index in [0.717, 1.165) is 27.6 Å². The Morgan fingerprint density at radius 1 is 1.50 bits per heavy atom. The van der Waals surface area contributed by atoms with Gasteiger partial charge in [0.05, 0.1) is 5.69 Å². The molecule has 1 aromatic carbocycles. The minimum absolute atomic E-state index is 0.447. The van der Waals surface area contributed by atoms with Crippen LogP contribution in [0.3, 0.4) is 0 Å². The zero-order valence-electron chi connectivity index (χ0n) is 12.0. The molecule has 0 aliphatic carbocycles. The number of nitrogens with one attached hydrogen (secondary N) is 1. The Hall–Kier alpha value is -2.48. The van der Waals surface area contributed by atoms with E-state index in [1.165, 1.54) is 17.5 Å². The lowest BCUT2D eigenvalue weighted by Crippen LogP contribution is -2.73. The summed E-state index contributed by atoms with van der Waals surface area (Å²) in [5.41, 5.74) is 9.27. The van der Waals surface area contributed by atoms with Crippen LogP contribution in [0, 0.1) is 0 Å². The minimum atomic E-state index is -0.463. The highest BCUT2D eigenvalue weighted by Gasteiger charge is 2.05. The number of hydrogen-bond acceptors (Lipinski definition) is 5. The molecule has 0 fully saturated rings. The van der Waals surface area contributed by atoms with E-state index in [0.29, 0.717) is 5.56 Å². The van der Waals surface area contributed by atoms with Crippen molar-refractivity contribution in [2.24, 2.45) is 5.73 Å². The predicted octanol–water partition coefficient (Wildman–Crippen LogP) is 1.86. The SMILES string of the molecule is C/C(=C\C=C/[NH2+]O)c1csc(Nc2cccc(C(N)=O)c2)n1. The summed E-state index contributed by atoms with van der Waals surface area (Å²) < 4.78 is 0. The van der Waals surface area contributed by atoms with E-state index in [1.54, 1.807) is 24.3 Å². The predicted molar refractivity (Wildman–Crippen MR) is 86.9 cm³/mol. The molecule has 0 unspecified atom stereocenters. The summed E-state index contributed by atoms with van der Waals surface area (Å²) in [6.07, 6.45) is 5.13. The van der Waals surface area contributed by atoms with Crippen molar-refractivity contribution in [3.05, 3.63) is 59.3 Å². The molecule has 22 heavy (non-hydrogen) atoms. The average molecular weight is 317 g/mol. The van der Waals surface area contributed by atoms with Gasteiger partial charge in [-0.05, 0) is 36.8 Å². The van der Waals surface area contributed by atoms with Crippen LogP contribution >= 0.6 is 11.3 Å². The smallest absolute Gasteiger partial charge is 0.248 e. The quantitative estimate of drug-likeness (QED) is 0.482. The first-order valence-electron chi connectivity index (χ1n) is 6.54. The van der Waals surface area contributed by atoms with Gasteiger partial charge in [0.2, 0.25) is 5.91 Å². The number of amides is 1. The molecule has 6 N–H and O–H groups in total. The summed E-state index contributed by atoms with van der Waals surface area (Å²) in [4.78, 5) is 15.6. The highest BCUT2D eigenvalue weighted by atomic mass is 32.1. The van der Waals surface area contributed by atoms with Crippen molar-refractivity contribution in [2.45, 2.75) is 6.92 Å². The first kappa shape index (κ1) is 15.9. The number of carbonyl (C=O) groups excluding carboxylic acids is 1. The van der Waals surface area contributed by atoms with Crippen molar-refractivity contribution < 1.29 is 15.5 Å². The van der Waals surface area contributed by atoms with Gasteiger partial charge in [-0.3, -0.25) is 4.79 Å². The first-order chi connectivity index (χ1) is 10.6. The van der Waals surface area contributed by atoms with Gasteiger partial charge in [0, 0.05) is 16.6 Å². The lowest BCUT2D eigenvalue weighted by atomic mass is 10.2. The first-order valence-corrected chi connectivity index (χ1v) is 7.42. The van der Waals surface area contributed by atoms with Gasteiger partial charge < -0.3 is 11.1 Å². The Morgan fingerprint density at radius 3 is 3.05 bits per heavy atom. The van der Waals surface area contributed by atoms with Crippen molar-refractivity contribution in [3.63, 3.8) is 0 Å². The summed E-state index contributed by atoms with van der Waals surface area (Å²) in [6, 6.07) is 6.96. The molecule has 2 aromatic rings. The number of benzene rings is 1. The van der Waals surface area contributed by atoms with Gasteiger partial charge in [-0.25, -0.2) is 10.2 Å². The van der Waals surface area contributed by atoms with Gasteiger partial charge in [0.15, 0.2) is 5.13 Å². The largest absolute Gasteiger partial charge is 0.366 e. The Balaban J connectivity index is 2.12. The third kappa shape index (κ3) is 4.26. The molecule has 1 heterocycles. The van der Waals surface area contributed by atoms with E-state index in [4.69, 9.17) is 10.9 Å². The molecule has 0 saturated heterocycles. The molecule has 0 radical (unpaired) electrons. The maximum Gasteiger partial charge on any atom is 0.248 e. The molecule has 1 amide bonds. The Bertz CT molecular complexity index is 722. The number of nitrogens with zero attached hydrogens (tertiary/aromatic N) is 1. The second-order valence-electron chi connectivity index (χ2n) is 4.49. The molecule has 0 spiro atoms. The lowest BCUT2D eigenvalue weighted by molar-refractivity contribution is -0.838. The maximum atomic E-state index is 11.2. The maximum absolute atomic E-state index is 11.2. The van der Waals surface area contributed by atoms with Crippen LogP contribution in [0.2, 0.25) is 0 Å². The fourth-order valence-corrected chi connectivity index (χ4v) is 2.51. The van der Waals surface area contributed by atoms with Crippen LogP contribution in [0.1, 0.15) is 23.0 Å². The van der Waals surface area contributed by atoms with Gasteiger partial charge >= 0.3 is 0 Å². The Labute approximate surface area is 132 Å². The normalized spacial score (nSPS) is 11.8. The van der Waals surface area contributed by atoms with E-state index >= 15 is 0 Å². The van der Waals surface area contributed by atoms with Crippen molar-refractivity contribution in [1.82, 2.24) is 4.98 Å². The molecule has 0 aliphatic heterocycles. The number of allylic oxidation sites excluding steroid dienone is 3. The summed E-state index contributed by atoms with van der Waals surface area (Å²) >= 11 is 1.47. The fourth-order valence-electron chi connectivity index (χ4n) is 1.72. The van der Waals surface area contributed by atoms with Gasteiger partial charge in [-0.2, -0.15) is 5.48 Å². The van der Waals surface area contributed by atoms with Crippen molar-refractivity contribution in [2.75, 3.05) is 5.32 Å². The minimum Gasteiger partial charge on any atom is -0.366 e. The second kappa shape index (κ2) is 7.51. The molecule has 114 valence electrons. The zero-order valence-corrected chi connectivity index (χ0v) is 12.8. The number of aromatic nitrogens is 1. The molecule has 1 aromatic heterocycles. The molecule has 7 heteroatoms. The number of anilines is 2. The molecule has 0 aliphatic rings. The molecular weight excluding hydrogens is 300 g/mol. The molecule has 0 atom stereocenters. The number of primary amides is 1. The summed E-state index contributed by atoms with van der Waals surface area (Å²) in [5, 5.41) is 14.4. The van der Waals surface area contributed by atoms with E-state index in [9.17, 15) is 4.79 Å². The molecule has 2 rings (SSSR count). The van der Waals surface area contributed by atoms with E-state index < -0.39 is 5.91 Å². The zero-order chi connectivity index (χ0) is 15.9. The molecule has 0 bridgehead atoms. The van der Waals surface area contributed by atoms with Gasteiger partial charge in [0.1, 0.15) is 6.20 Å². The highest BCUT2D eigenvalue weighted by molar-refractivity contribution is 7.13. The monoisotopic (exact) mass is 317 g/mol. The number of carbonyl (C=O) groups is 1. The van der Waals surface area contributed by atoms with E-state index in [1.807, 2.05) is 24.4 Å². The van der Waals surface area contributed by atoms with Crippen molar-refractivity contribution >= 4 is 33.6 Å². The summed E-state index contributed by atoms with van der Waals surface area (Å²) in [7, 11) is 0. The van der Waals surface area contributed by atoms with Gasteiger partial charge in [0.25, 0.3) is 0 Å². The Kier molecular flexibility index (Phi) is 5.42. The topological polar surface area (TPSA) is 105 Å². The third-order valence-electron chi connectivity index (χ3n) is 2.85. The van der Waals surface area contributed by atoms with Crippen LogP contribution in [0.5, 0.6) is 0 Å². The van der Waals surface area contributed by atoms with E-state index in [2.05, 4.69) is 10.3 Å². The van der Waals surface area contributed by atoms with Crippen molar-refractivity contribution in [1.29, 1.82) is 0 Å². The van der Waals surface area contributed by atoms with Gasteiger partial charge in [-0.15, -0.1) is 11.3 Å². The van der Waals surface area contributed by atoms with Gasteiger partial charge in [-0.1, -0.05) is 12.1 Å². The van der Waals surface area contributed by atoms with E-state index in [-0.39, 0.29) is 0 Å². The van der Waals surface area contributed by atoms with Crippen LogP contribution in [-0.4, -0.2) is 16.1 Å². The average Bonchev–Trinajstić information content (AvgIpc) is 2.96. The number of hydroxylamine groups is 1.